The molecule has 1 aliphatic carbocycles. The van der Waals surface area contributed by atoms with Crippen molar-refractivity contribution in [3.8, 4) is 0 Å². The van der Waals surface area contributed by atoms with Gasteiger partial charge in [0.05, 0.1) is 0 Å². The average Bonchev–Trinajstić information content (AvgIpc) is 2.19. The molecular weight excluding hydrogens is 172 g/mol. The first kappa shape index (κ1) is 18.0. The fourth-order valence-electron chi connectivity index (χ4n) is 2.05. The molecule has 0 aliphatic heterocycles. The van der Waals surface area contributed by atoms with Gasteiger partial charge in [-0.1, -0.05) is 19.3 Å². The molecule has 0 aromatic rings. The Hall–Kier alpha value is 0.635. The Morgan fingerprint density at radius 1 is 0.933 bits per heavy atom. The van der Waals surface area contributed by atoms with E-state index < -0.39 is 0 Å². The van der Waals surface area contributed by atoms with Gasteiger partial charge in [0.1, 0.15) is 0 Å². The first-order chi connectivity index (χ1) is 6.38. The van der Waals surface area contributed by atoms with E-state index in [2.05, 4.69) is 30.2 Å². The van der Waals surface area contributed by atoms with Crippen LogP contribution in [-0.4, -0.2) is 24.0 Å². The standard InChI is InChI=1S/C12H19N.2Li/c1-3-10-13(11-4-2)12-8-6-5-7-9-12;;/h12H,1-2,5-11H2;;/q-2;2*+1. The second-order valence-electron chi connectivity index (χ2n) is 3.70. The van der Waals surface area contributed by atoms with Gasteiger partial charge in [-0.05, 0) is 12.8 Å². The van der Waals surface area contributed by atoms with Gasteiger partial charge in [-0.2, -0.15) is 0 Å². The van der Waals surface area contributed by atoms with Crippen molar-refractivity contribution in [2.75, 3.05) is 13.1 Å². The fourth-order valence-corrected chi connectivity index (χ4v) is 2.05. The van der Waals surface area contributed by atoms with Crippen LogP contribution in [0.15, 0.2) is 13.2 Å². The van der Waals surface area contributed by atoms with Crippen molar-refractivity contribution in [2.45, 2.75) is 38.1 Å². The number of hydrogen-bond donors (Lipinski definition) is 0. The van der Waals surface area contributed by atoms with Crippen LogP contribution in [0.1, 0.15) is 32.1 Å². The molecule has 0 aromatic heterocycles. The summed E-state index contributed by atoms with van der Waals surface area (Å²) in [6, 6.07) is 0.720. The third kappa shape index (κ3) is 6.73. The zero-order valence-electron chi connectivity index (χ0n) is 10.4. The summed E-state index contributed by atoms with van der Waals surface area (Å²) in [6.07, 6.45) is 12.7. The van der Waals surface area contributed by atoms with E-state index in [1.54, 1.807) is 0 Å². The Balaban J connectivity index is 0. The topological polar surface area (TPSA) is 3.24 Å². The quantitative estimate of drug-likeness (QED) is 0.323. The molecule has 0 bridgehead atoms. The van der Waals surface area contributed by atoms with Crippen LogP contribution in [0.2, 0.25) is 0 Å². The van der Waals surface area contributed by atoms with Gasteiger partial charge in [0.25, 0.3) is 0 Å². The summed E-state index contributed by atoms with van der Waals surface area (Å²) in [7, 11) is 0. The van der Waals surface area contributed by atoms with Crippen LogP contribution in [0.25, 0.3) is 0 Å². The summed E-state index contributed by atoms with van der Waals surface area (Å²) in [4.78, 5) is 2.37. The van der Waals surface area contributed by atoms with Crippen molar-refractivity contribution >= 4 is 0 Å². The summed E-state index contributed by atoms with van der Waals surface area (Å²) >= 11 is 0. The first-order valence-corrected chi connectivity index (χ1v) is 5.12. The maximum atomic E-state index is 3.66. The van der Waals surface area contributed by atoms with Gasteiger partial charge in [0.15, 0.2) is 0 Å². The van der Waals surface area contributed by atoms with Crippen LogP contribution in [-0.2, 0) is 0 Å². The molecule has 1 fully saturated rings. The van der Waals surface area contributed by atoms with E-state index in [0.717, 1.165) is 19.1 Å². The van der Waals surface area contributed by atoms with Crippen LogP contribution in [0.4, 0.5) is 0 Å². The van der Waals surface area contributed by atoms with Gasteiger partial charge < -0.3 is 17.1 Å². The van der Waals surface area contributed by atoms with Crippen molar-refractivity contribution in [2.24, 2.45) is 0 Å². The maximum absolute atomic E-state index is 3.66. The van der Waals surface area contributed by atoms with E-state index in [9.17, 15) is 0 Å². The zero-order valence-corrected chi connectivity index (χ0v) is 10.4. The molecule has 0 unspecified atom stereocenters. The van der Waals surface area contributed by atoms with E-state index >= 15 is 0 Å². The summed E-state index contributed by atoms with van der Waals surface area (Å²) in [6.45, 7) is 9.03. The van der Waals surface area contributed by atoms with Gasteiger partial charge in [0, 0.05) is 6.04 Å². The molecule has 0 N–H and O–H groups in total. The monoisotopic (exact) mass is 191 g/mol. The molecule has 0 heterocycles. The second-order valence-corrected chi connectivity index (χ2v) is 3.70. The zero-order chi connectivity index (χ0) is 9.52. The Morgan fingerprint density at radius 2 is 1.40 bits per heavy atom. The molecule has 1 rings (SSSR count). The van der Waals surface area contributed by atoms with Crippen molar-refractivity contribution in [3.63, 3.8) is 0 Å². The summed E-state index contributed by atoms with van der Waals surface area (Å²) < 4.78 is 0. The Bertz CT molecular complexity index is 155. The molecule has 0 aromatic carbocycles. The van der Waals surface area contributed by atoms with Gasteiger partial charge in [-0.25, -0.2) is 0 Å². The SMILES string of the molecule is C=[C-]CN(C[C-]=C)C1CCCCC1.[Li+].[Li+]. The van der Waals surface area contributed by atoms with Crippen LogP contribution < -0.4 is 37.7 Å². The first-order valence-electron chi connectivity index (χ1n) is 5.12. The predicted octanol–water partition coefficient (Wildman–Crippen LogP) is -3.39. The maximum Gasteiger partial charge on any atom is 1.00 e. The molecular formula is C12H19Li2N. The fraction of sp³-hybridized carbons (Fsp3) is 0.667. The van der Waals surface area contributed by atoms with E-state index in [0.29, 0.717) is 0 Å². The second kappa shape index (κ2) is 11.1. The minimum absolute atomic E-state index is 0. The summed E-state index contributed by atoms with van der Waals surface area (Å²) in [5.74, 6) is 0. The van der Waals surface area contributed by atoms with Gasteiger partial charge in [0.2, 0.25) is 0 Å². The van der Waals surface area contributed by atoms with Gasteiger partial charge in [-0.15, -0.1) is 13.1 Å². The summed E-state index contributed by atoms with van der Waals surface area (Å²) in [5.41, 5.74) is 0. The van der Waals surface area contributed by atoms with Crippen LogP contribution in [0, 0.1) is 12.2 Å². The van der Waals surface area contributed by atoms with E-state index in [1.165, 1.54) is 32.1 Å². The van der Waals surface area contributed by atoms with Crippen molar-refractivity contribution in [1.82, 2.24) is 4.90 Å². The summed E-state index contributed by atoms with van der Waals surface area (Å²) in [5, 5.41) is 0. The van der Waals surface area contributed by atoms with E-state index in [4.69, 9.17) is 0 Å². The molecule has 74 valence electrons. The number of rotatable bonds is 5. The Morgan fingerprint density at radius 3 is 1.80 bits per heavy atom. The Kier molecular flexibility index (Phi) is 13.4. The van der Waals surface area contributed by atoms with Crippen LogP contribution >= 0.6 is 0 Å². The minimum atomic E-state index is 0. The van der Waals surface area contributed by atoms with Gasteiger partial charge >= 0.3 is 37.7 Å². The van der Waals surface area contributed by atoms with Crippen molar-refractivity contribution in [1.29, 1.82) is 0 Å². The third-order valence-corrected chi connectivity index (χ3v) is 2.72. The van der Waals surface area contributed by atoms with Crippen LogP contribution in [0.5, 0.6) is 0 Å². The minimum Gasteiger partial charge on any atom is -0.490 e. The smallest absolute Gasteiger partial charge is 0.490 e. The molecule has 0 radical (unpaired) electrons. The third-order valence-electron chi connectivity index (χ3n) is 2.72. The molecule has 0 atom stereocenters. The number of hydrogen-bond acceptors (Lipinski definition) is 1. The average molecular weight is 191 g/mol. The van der Waals surface area contributed by atoms with Gasteiger partial charge in [-0.3, -0.25) is 13.2 Å². The Labute approximate surface area is 119 Å². The van der Waals surface area contributed by atoms with Crippen LogP contribution in [0.3, 0.4) is 0 Å². The molecule has 0 amide bonds. The largest absolute Gasteiger partial charge is 1.00 e. The van der Waals surface area contributed by atoms with E-state index in [-0.39, 0.29) is 37.7 Å². The molecule has 0 spiro atoms. The molecule has 15 heavy (non-hydrogen) atoms. The molecule has 1 aliphatic rings. The van der Waals surface area contributed by atoms with E-state index in [1.807, 2.05) is 0 Å². The molecule has 0 saturated heterocycles. The van der Waals surface area contributed by atoms with Crippen molar-refractivity contribution in [3.05, 3.63) is 25.3 Å². The van der Waals surface area contributed by atoms with Crippen molar-refractivity contribution < 1.29 is 37.7 Å². The normalized spacial score (nSPS) is 16.3. The molecule has 3 heteroatoms. The molecule has 1 nitrogen and oxygen atoms in total. The number of nitrogens with zero attached hydrogens (tertiary/aromatic N) is 1. The predicted molar refractivity (Wildman–Crippen MR) is 56.2 cm³/mol. The molecule has 1 saturated carbocycles.